The van der Waals surface area contributed by atoms with E-state index < -0.39 is 15.6 Å². The van der Waals surface area contributed by atoms with E-state index in [0.717, 1.165) is 82.8 Å². The molecule has 0 saturated carbocycles. The molecule has 0 radical (unpaired) electrons. The number of nitrogens with one attached hydrogen (secondary N) is 1. The Morgan fingerprint density at radius 2 is 1.75 bits per heavy atom. The van der Waals surface area contributed by atoms with Gasteiger partial charge in [0, 0.05) is 75.7 Å². The van der Waals surface area contributed by atoms with Crippen LogP contribution in [0, 0.1) is 12.3 Å². The molecule has 2 aliphatic rings. The largest absolute Gasteiger partial charge is 0.741 e. The van der Waals surface area contributed by atoms with Crippen LogP contribution in [0.1, 0.15) is 59.1 Å². The molecule has 1 aliphatic heterocycles. The first kappa shape index (κ1) is 31.3. The van der Waals surface area contributed by atoms with Crippen molar-refractivity contribution in [3.63, 3.8) is 0 Å². The summed E-state index contributed by atoms with van der Waals surface area (Å²) in [7, 11) is -6.09. The summed E-state index contributed by atoms with van der Waals surface area (Å²) in [6.45, 7) is 9.88. The summed E-state index contributed by atoms with van der Waals surface area (Å²) >= 11 is 0. The molecule has 44 heavy (non-hydrogen) atoms. The van der Waals surface area contributed by atoms with Gasteiger partial charge in [-0.2, -0.15) is 17.7 Å². The van der Waals surface area contributed by atoms with E-state index in [9.17, 15) is 18.0 Å². The molecular weight excluding hydrogens is 595 g/mol. The van der Waals surface area contributed by atoms with Crippen molar-refractivity contribution < 1.29 is 40.2 Å². The summed E-state index contributed by atoms with van der Waals surface area (Å²) in [4.78, 5) is 19.8. The van der Waals surface area contributed by atoms with Crippen molar-refractivity contribution in [3.05, 3.63) is 88.4 Å². The summed E-state index contributed by atoms with van der Waals surface area (Å²) in [5, 5.41) is 0.933. The van der Waals surface area contributed by atoms with Crippen LogP contribution in [0.25, 0.3) is 16.6 Å². The number of morpholine rings is 1. The van der Waals surface area contributed by atoms with Gasteiger partial charge in [0.2, 0.25) is 5.69 Å². The monoisotopic (exact) mass is 625 g/mol. The first-order valence-corrected chi connectivity index (χ1v) is 15.3. The molecule has 1 aliphatic carbocycles. The number of terminal acetylenes is 1. The highest BCUT2D eigenvalue weighted by atomic mass is 32.2. The highest BCUT2D eigenvalue weighted by Crippen LogP contribution is 2.44. The van der Waals surface area contributed by atoms with E-state index >= 15 is 0 Å². The van der Waals surface area contributed by atoms with Gasteiger partial charge < -0.3 is 19.2 Å². The van der Waals surface area contributed by atoms with Crippen LogP contribution in [-0.4, -0.2) is 55.5 Å². The topological polar surface area (TPSA) is 106 Å². The number of alkyl halides is 3. The number of halogens is 3. The van der Waals surface area contributed by atoms with E-state index in [4.69, 9.17) is 24.1 Å². The minimum absolute atomic E-state index is 0.0768. The molecule has 6 rings (SSSR count). The quantitative estimate of drug-likeness (QED) is 0.153. The highest BCUT2D eigenvalue weighted by molar-refractivity contribution is 7.86. The number of nitrogens with zero attached hydrogens (tertiary/aromatic N) is 2. The van der Waals surface area contributed by atoms with Crippen LogP contribution in [-0.2, 0) is 26.7 Å². The van der Waals surface area contributed by atoms with E-state index in [2.05, 4.69) is 77.8 Å². The fourth-order valence-corrected chi connectivity index (χ4v) is 5.73. The van der Waals surface area contributed by atoms with E-state index in [-0.39, 0.29) is 11.2 Å². The molecule has 2 aromatic carbocycles. The van der Waals surface area contributed by atoms with Gasteiger partial charge >= 0.3 is 5.51 Å². The number of benzene rings is 2. The molecule has 0 bridgehead atoms. The molecule has 1 N–H and O–H groups in total. The number of fused-ring (bicyclic) bond motifs is 4. The number of carbonyl (C=O) groups excluding carboxylic acids is 1. The van der Waals surface area contributed by atoms with Gasteiger partial charge in [0.1, 0.15) is 0 Å². The standard InChI is InChI=1S/C31H29N3O2.CHF3O3S/c1-5-20-7-8-23-26(17-20)32-30-28(23)29(35)24-18-21(6-2)27(19-25(24)31(30,3)4)34-11-9-22(10-12-34)33-13-15-36-16-14-33;2-1(3,4)8(5,6)7/h1,7-12,17-19H,6,13-16H2,2-4H3;(H,5,6,7). The molecule has 8 nitrogen and oxygen atoms in total. The van der Waals surface area contributed by atoms with E-state index in [1.54, 1.807) is 0 Å². The number of aromatic amines is 1. The Morgan fingerprint density at radius 3 is 2.32 bits per heavy atom. The van der Waals surface area contributed by atoms with Crippen molar-refractivity contribution in [3.8, 4) is 18.0 Å². The second-order valence-corrected chi connectivity index (χ2v) is 12.4. The maximum Gasteiger partial charge on any atom is 0.485 e. The van der Waals surface area contributed by atoms with Crippen LogP contribution in [0.4, 0.5) is 18.9 Å². The van der Waals surface area contributed by atoms with Gasteiger partial charge in [-0.1, -0.05) is 32.8 Å². The van der Waals surface area contributed by atoms with E-state index in [1.165, 1.54) is 5.69 Å². The lowest BCUT2D eigenvalue weighted by atomic mass is 9.70. The number of ketones is 1. The number of carbonyl (C=O) groups is 1. The first-order chi connectivity index (χ1) is 20.7. The van der Waals surface area contributed by atoms with Crippen molar-refractivity contribution in [2.45, 2.75) is 38.1 Å². The number of hydrogen-bond acceptors (Lipinski definition) is 6. The van der Waals surface area contributed by atoms with Gasteiger partial charge in [-0.05, 0) is 30.2 Å². The maximum atomic E-state index is 13.9. The Labute approximate surface area is 253 Å². The lowest BCUT2D eigenvalue weighted by Crippen LogP contribution is -2.38. The molecule has 1 fully saturated rings. The third-order valence-electron chi connectivity index (χ3n) is 8.08. The number of ether oxygens (including phenoxy) is 1. The van der Waals surface area contributed by atoms with Crippen LogP contribution in [0.5, 0.6) is 0 Å². The van der Waals surface area contributed by atoms with Gasteiger partial charge in [0.15, 0.2) is 28.3 Å². The molecular formula is C32H30F3N3O5S. The van der Waals surface area contributed by atoms with Gasteiger partial charge in [-0.3, -0.25) is 4.79 Å². The molecule has 2 aromatic heterocycles. The maximum absolute atomic E-state index is 13.9. The summed E-state index contributed by atoms with van der Waals surface area (Å²) in [5.41, 5.74) is 2.72. The summed E-state index contributed by atoms with van der Waals surface area (Å²) in [5.74, 6) is 2.77. The smallest absolute Gasteiger partial charge is 0.485 e. The van der Waals surface area contributed by atoms with Crippen LogP contribution >= 0.6 is 0 Å². The second-order valence-electron chi connectivity index (χ2n) is 11.1. The zero-order chi connectivity index (χ0) is 32.0. The third kappa shape index (κ3) is 5.58. The van der Waals surface area contributed by atoms with Crippen molar-refractivity contribution in [1.29, 1.82) is 0 Å². The zero-order valence-corrected chi connectivity index (χ0v) is 25.1. The minimum Gasteiger partial charge on any atom is -0.741 e. The second kappa shape index (κ2) is 11.4. The number of hydrogen-bond donors (Lipinski definition) is 1. The Bertz CT molecular complexity index is 1900. The molecule has 0 amide bonds. The molecule has 0 spiro atoms. The van der Waals surface area contributed by atoms with Crippen molar-refractivity contribution in [2.75, 3.05) is 31.2 Å². The predicted molar refractivity (Wildman–Crippen MR) is 158 cm³/mol. The third-order valence-corrected chi connectivity index (χ3v) is 8.65. The molecule has 1 saturated heterocycles. The van der Waals surface area contributed by atoms with Crippen LogP contribution in [0.15, 0.2) is 54.9 Å². The van der Waals surface area contributed by atoms with Crippen molar-refractivity contribution in [2.24, 2.45) is 0 Å². The predicted octanol–water partition coefficient (Wildman–Crippen LogP) is 4.75. The Morgan fingerprint density at radius 1 is 1.11 bits per heavy atom. The fourth-order valence-electron chi connectivity index (χ4n) is 5.73. The molecule has 0 unspecified atom stereocenters. The Hall–Kier alpha value is -4.18. The number of pyridine rings is 1. The minimum atomic E-state index is -6.09. The zero-order valence-electron chi connectivity index (χ0n) is 24.3. The van der Waals surface area contributed by atoms with E-state index in [0.29, 0.717) is 0 Å². The van der Waals surface area contributed by atoms with Gasteiger partial charge in [0.05, 0.1) is 18.8 Å². The molecule has 230 valence electrons. The summed E-state index contributed by atoms with van der Waals surface area (Å²) in [6.07, 6.45) is 10.7. The number of rotatable bonds is 3. The Kier molecular flexibility index (Phi) is 8.09. The van der Waals surface area contributed by atoms with Gasteiger partial charge in [0.25, 0.3) is 0 Å². The highest BCUT2D eigenvalue weighted by Gasteiger charge is 2.41. The average molecular weight is 626 g/mol. The molecule has 4 aromatic rings. The SMILES string of the molecule is C#Cc1ccc2c3c([nH]c2c1)C(C)(C)c1cc(-[n+]2ccc(N4CCOCC4)cc2)c(CC)cc1C3=O.O=S(=O)([O-])C(F)(F)F. The number of anilines is 1. The van der Waals surface area contributed by atoms with E-state index in [1.807, 2.05) is 18.2 Å². The van der Waals surface area contributed by atoms with Gasteiger partial charge in [-0.25, -0.2) is 8.42 Å². The molecule has 0 atom stereocenters. The number of aryl methyl sites for hydroxylation is 1. The number of H-pyrrole nitrogens is 1. The Balaban J connectivity index is 0.000000426. The van der Waals surface area contributed by atoms with Gasteiger partial charge in [-0.15, -0.1) is 6.42 Å². The lowest BCUT2D eigenvalue weighted by molar-refractivity contribution is -0.596. The normalized spacial score (nSPS) is 16.0. The average Bonchev–Trinajstić information content (AvgIpc) is 3.39. The van der Waals surface area contributed by atoms with Crippen LogP contribution in [0.3, 0.4) is 0 Å². The summed E-state index contributed by atoms with van der Waals surface area (Å²) < 4.78 is 66.6. The number of aromatic nitrogens is 2. The fraction of sp³-hybridized carbons (Fsp3) is 0.312. The van der Waals surface area contributed by atoms with Crippen LogP contribution in [0.2, 0.25) is 0 Å². The summed E-state index contributed by atoms with van der Waals surface area (Å²) in [6, 6.07) is 14.5. The first-order valence-electron chi connectivity index (χ1n) is 13.9. The lowest BCUT2D eigenvalue weighted by Gasteiger charge is -2.32. The van der Waals surface area contributed by atoms with Crippen molar-refractivity contribution in [1.82, 2.24) is 4.98 Å². The van der Waals surface area contributed by atoms with Crippen LogP contribution < -0.4 is 9.47 Å². The van der Waals surface area contributed by atoms with Crippen molar-refractivity contribution >= 4 is 32.5 Å². The molecule has 12 heteroatoms. The molecule has 3 heterocycles.